The summed E-state index contributed by atoms with van der Waals surface area (Å²) in [5.41, 5.74) is -4.09. The van der Waals surface area contributed by atoms with E-state index in [0.717, 1.165) is 10.8 Å². The van der Waals surface area contributed by atoms with Gasteiger partial charge < -0.3 is 40.4 Å². The van der Waals surface area contributed by atoms with E-state index in [4.69, 9.17) is 20.0 Å². The van der Waals surface area contributed by atoms with Crippen LogP contribution in [0, 0.1) is 0 Å². The maximum Gasteiger partial charge on any atom is 0.337 e. The van der Waals surface area contributed by atoms with Crippen molar-refractivity contribution < 1.29 is 39.6 Å². The molecule has 0 atom stereocenters. The van der Waals surface area contributed by atoms with Gasteiger partial charge in [-0.3, -0.25) is 0 Å². The summed E-state index contributed by atoms with van der Waals surface area (Å²) in [7, 11) is 0. The zero-order chi connectivity index (χ0) is 36.0. The Morgan fingerprint density at radius 3 is 0.942 bits per heavy atom. The summed E-state index contributed by atoms with van der Waals surface area (Å²) in [6.07, 6.45) is 0. The number of nitrogens with zero attached hydrogens (tertiary/aromatic N) is 4. The highest BCUT2D eigenvalue weighted by Crippen LogP contribution is 2.36. The molecule has 0 unspecified atom stereocenters. The average Bonchev–Trinajstić information content (AvgIpc) is 3.86. The molecule has 8 N–H and O–H groups in total. The van der Waals surface area contributed by atoms with Crippen molar-refractivity contribution in [2.45, 2.75) is 0 Å². The molecule has 4 aromatic heterocycles. The van der Waals surface area contributed by atoms with Crippen molar-refractivity contribution in [1.82, 2.24) is 19.9 Å². The van der Waals surface area contributed by atoms with Crippen molar-refractivity contribution in [3.8, 4) is 0 Å². The number of benzene rings is 4. The van der Waals surface area contributed by atoms with Crippen molar-refractivity contribution in [1.29, 1.82) is 0 Å². The molecule has 0 amide bonds. The van der Waals surface area contributed by atoms with E-state index in [1.807, 2.05) is 24.3 Å². The van der Waals surface area contributed by atoms with E-state index in [9.17, 15) is 39.6 Å². The van der Waals surface area contributed by atoms with Crippen molar-refractivity contribution in [3.05, 3.63) is 117 Å². The van der Waals surface area contributed by atoms with Crippen LogP contribution in [0.2, 0.25) is 0 Å². The third-order valence-corrected chi connectivity index (χ3v) is 8.98. The van der Waals surface area contributed by atoms with Crippen LogP contribution in [0.25, 0.3) is 43.1 Å². The van der Waals surface area contributed by atoms with E-state index >= 15 is 0 Å². The van der Waals surface area contributed by atoms with Gasteiger partial charge >= 0.3 is 23.9 Å². The molecule has 0 spiro atoms. The van der Waals surface area contributed by atoms with E-state index in [-0.39, 0.29) is 22.6 Å². The first-order valence-electron chi connectivity index (χ1n) is 15.5. The number of fused-ring (bicyclic) bond motifs is 20. The molecule has 8 bridgehead atoms. The Morgan fingerprint density at radius 1 is 0.365 bits per heavy atom. The van der Waals surface area contributed by atoms with Crippen LogP contribution in [0.4, 0.5) is 23.3 Å². The van der Waals surface area contributed by atoms with Gasteiger partial charge in [0.1, 0.15) is 45.2 Å². The number of carboxylic acids is 4. The summed E-state index contributed by atoms with van der Waals surface area (Å²) in [4.78, 5) is 82.8. The lowest BCUT2D eigenvalue weighted by molar-refractivity contribution is 0.0621. The zero-order valence-electron chi connectivity index (χ0n) is 26.1. The summed E-state index contributed by atoms with van der Waals surface area (Å²) in [5.74, 6) is -6.57. The topological polar surface area (TPSA) is 262 Å². The lowest BCUT2D eigenvalue weighted by Gasteiger charge is -2.11. The molecule has 1 aliphatic heterocycles. The number of aromatic nitrogens is 4. The van der Waals surface area contributed by atoms with E-state index in [1.54, 1.807) is 48.5 Å². The molecule has 16 nitrogen and oxygen atoms in total. The quantitative estimate of drug-likeness (QED) is 0.130. The van der Waals surface area contributed by atoms with Crippen LogP contribution in [0.3, 0.4) is 0 Å². The molecule has 5 heterocycles. The largest absolute Gasteiger partial charge is 0.478 e. The highest BCUT2D eigenvalue weighted by Gasteiger charge is 2.36. The van der Waals surface area contributed by atoms with Crippen LogP contribution in [0.1, 0.15) is 41.4 Å². The van der Waals surface area contributed by atoms with E-state index in [2.05, 4.69) is 19.9 Å². The zero-order valence-corrected chi connectivity index (χ0v) is 26.1. The van der Waals surface area contributed by atoms with E-state index in [0.29, 0.717) is 44.2 Å². The van der Waals surface area contributed by atoms with E-state index in [1.165, 1.54) is 0 Å². The minimum Gasteiger partial charge on any atom is -0.478 e. The minimum atomic E-state index is -1.96. The molecule has 0 aliphatic carbocycles. The van der Waals surface area contributed by atoms with Gasteiger partial charge in [-0.1, -0.05) is 72.8 Å². The molecule has 252 valence electrons. The van der Waals surface area contributed by atoms with Crippen LogP contribution in [-0.2, 0) is 0 Å². The second-order valence-corrected chi connectivity index (χ2v) is 11.8. The van der Waals surface area contributed by atoms with Crippen molar-refractivity contribution in [3.63, 3.8) is 0 Å². The van der Waals surface area contributed by atoms with Gasteiger partial charge in [-0.2, -0.15) is 0 Å². The predicted octanol–water partition coefficient (Wildman–Crippen LogP) is 4.52. The Labute approximate surface area is 286 Å². The van der Waals surface area contributed by atoms with Crippen LogP contribution in [-0.4, -0.2) is 64.2 Å². The molecule has 4 aromatic carbocycles. The number of H-pyrrole nitrogens is 4. The van der Waals surface area contributed by atoms with Gasteiger partial charge in [0.25, 0.3) is 0 Å². The second-order valence-electron chi connectivity index (χ2n) is 11.8. The Kier molecular flexibility index (Phi) is 6.28. The van der Waals surface area contributed by atoms with Crippen LogP contribution >= 0.6 is 0 Å². The van der Waals surface area contributed by atoms with Gasteiger partial charge in [0.15, 0.2) is 0 Å². The minimum absolute atomic E-state index is 0.150. The normalized spacial score (nSPS) is 12.3. The fourth-order valence-corrected chi connectivity index (χ4v) is 6.89. The molecular weight excluding hydrogens is 672 g/mol. The standard InChI is InChI=1S/C36H20N8O8/c45-33(46)21-19-20(22(34(47)48)24(36(51)52)23(21)35(49)50)32-43-30-18-12-6-4-10-16(18)28(41-30)39-26-14-8-2-1-7-13(14)25(37-26)38-27-15-9-3-5-11-17(15)29(40-27)42-31(19)44-32/h1-12H,(H,45,46)(H,47,48)(H,49,50)(H,51,52)(H4,37,38,39,40,41,42,43,44). The maximum absolute atomic E-state index is 12.9. The Bertz CT molecular complexity index is 3010. The summed E-state index contributed by atoms with van der Waals surface area (Å²) in [6, 6.07) is 21.7. The lowest BCUT2D eigenvalue weighted by atomic mass is 9.90. The molecule has 52 heavy (non-hydrogen) atoms. The Morgan fingerprint density at radius 2 is 0.635 bits per heavy atom. The smallest absolute Gasteiger partial charge is 0.337 e. The lowest BCUT2D eigenvalue weighted by Crippen LogP contribution is -2.22. The third-order valence-electron chi connectivity index (χ3n) is 8.98. The molecule has 1 aliphatic rings. The maximum atomic E-state index is 12.9. The third kappa shape index (κ3) is 4.27. The van der Waals surface area contributed by atoms with E-state index < -0.39 is 56.9 Å². The monoisotopic (exact) mass is 692 g/mol. The number of aromatic carboxylic acids is 4. The first-order chi connectivity index (χ1) is 25.1. The summed E-state index contributed by atoms with van der Waals surface area (Å²) >= 11 is 0. The molecule has 0 saturated carbocycles. The summed E-state index contributed by atoms with van der Waals surface area (Å²) in [6.45, 7) is 0. The summed E-state index contributed by atoms with van der Waals surface area (Å²) in [5, 5.41) is 44.2. The van der Waals surface area contributed by atoms with Gasteiger partial charge in [0, 0.05) is 43.1 Å². The Balaban J connectivity index is 1.58. The fraction of sp³-hybridized carbons (Fsp3) is 0. The highest BCUT2D eigenvalue weighted by atomic mass is 16.4. The van der Waals surface area contributed by atoms with Crippen LogP contribution in [0.15, 0.2) is 92.8 Å². The molecule has 0 fully saturated rings. The second kappa shape index (κ2) is 10.8. The molecular formula is C36H20N8O8. The first-order valence-corrected chi connectivity index (χ1v) is 15.5. The molecule has 0 saturated heterocycles. The van der Waals surface area contributed by atoms with Crippen molar-refractivity contribution in [2.24, 2.45) is 20.0 Å². The average molecular weight is 693 g/mol. The SMILES string of the molecule is O=C(O)c1c(C(=O)O)c(C(=O)O)c2c3[nH]c(c2c1C(=O)O)=Nc1[nH]c(c2ccccc12)N=c1[nH]c(c2ccccc12)=Nc1[nH]c(c2ccccc12)N=3. The summed E-state index contributed by atoms with van der Waals surface area (Å²) < 4.78 is 0. The van der Waals surface area contributed by atoms with Crippen molar-refractivity contribution >= 4 is 90.2 Å². The first kappa shape index (κ1) is 30.2. The van der Waals surface area contributed by atoms with Gasteiger partial charge in [0.2, 0.25) is 0 Å². The van der Waals surface area contributed by atoms with Crippen molar-refractivity contribution in [2.75, 3.05) is 0 Å². The van der Waals surface area contributed by atoms with Gasteiger partial charge in [-0.15, -0.1) is 0 Å². The highest BCUT2D eigenvalue weighted by molar-refractivity contribution is 6.23. The number of aromatic amines is 4. The van der Waals surface area contributed by atoms with Gasteiger partial charge in [-0.05, 0) is 0 Å². The number of rotatable bonds is 4. The molecule has 8 aromatic rings. The Hall–Kier alpha value is -7.88. The number of nitrogens with one attached hydrogen (secondary N) is 4. The number of hydrogen-bond donors (Lipinski definition) is 8. The molecule has 0 radical (unpaired) electrons. The van der Waals surface area contributed by atoms with Gasteiger partial charge in [0.05, 0.1) is 22.3 Å². The van der Waals surface area contributed by atoms with Gasteiger partial charge in [-0.25, -0.2) is 39.1 Å². The van der Waals surface area contributed by atoms with Crippen LogP contribution < -0.4 is 22.0 Å². The molecule has 9 rings (SSSR count). The number of carbonyl (C=O) groups is 4. The number of hydrogen-bond acceptors (Lipinski definition) is 8. The predicted molar refractivity (Wildman–Crippen MR) is 184 cm³/mol. The number of carboxylic acid groups (broad SMARTS) is 4. The fourth-order valence-electron chi connectivity index (χ4n) is 6.89. The molecule has 16 heteroatoms. The van der Waals surface area contributed by atoms with Crippen LogP contribution in [0.5, 0.6) is 0 Å².